The van der Waals surface area contributed by atoms with Crippen molar-refractivity contribution in [2.75, 3.05) is 16.8 Å². The summed E-state index contributed by atoms with van der Waals surface area (Å²) in [4.78, 5) is 23.9. The molecule has 10 heteroatoms. The van der Waals surface area contributed by atoms with Gasteiger partial charge in [0, 0.05) is 16.9 Å². The molecule has 0 spiro atoms. The fourth-order valence-corrected chi connectivity index (χ4v) is 4.91. The van der Waals surface area contributed by atoms with E-state index < -0.39 is 21.7 Å². The Bertz CT molecular complexity index is 1070. The second kappa shape index (κ2) is 8.16. The summed E-state index contributed by atoms with van der Waals surface area (Å²) in [6, 6.07) is 6.85. The van der Waals surface area contributed by atoms with Crippen molar-refractivity contribution in [2.45, 2.75) is 33.2 Å². The maximum Gasteiger partial charge on any atom is 0.329 e. The molecule has 1 fully saturated rings. The number of hydrogen-bond acceptors (Lipinski definition) is 6. The van der Waals surface area contributed by atoms with Crippen LogP contribution in [0.2, 0.25) is 0 Å². The molecule has 0 bridgehead atoms. The number of carbonyl (C=O) groups excluding carboxylic acids is 2. The highest BCUT2D eigenvalue weighted by Crippen LogP contribution is 2.26. The highest BCUT2D eigenvalue weighted by molar-refractivity contribution is 7.91. The van der Waals surface area contributed by atoms with Gasteiger partial charge in [0.15, 0.2) is 9.84 Å². The smallest absolute Gasteiger partial charge is 0.318 e. The third-order valence-electron chi connectivity index (χ3n) is 4.81. The number of rotatable bonds is 4. The average Bonchev–Trinajstić information content (AvgIpc) is 3.16. The van der Waals surface area contributed by atoms with E-state index in [9.17, 15) is 18.0 Å². The van der Waals surface area contributed by atoms with Crippen molar-refractivity contribution in [3.05, 3.63) is 46.8 Å². The van der Waals surface area contributed by atoms with E-state index in [-0.39, 0.29) is 17.5 Å². The van der Waals surface area contributed by atoms with Gasteiger partial charge in [-0.15, -0.1) is 0 Å². The van der Waals surface area contributed by atoms with Crippen LogP contribution in [0.4, 0.5) is 5.69 Å². The number of hydrogen-bond donors (Lipinski definition) is 2. The minimum absolute atomic E-state index is 0.0709. The molecule has 29 heavy (non-hydrogen) atoms. The lowest BCUT2D eigenvalue weighted by atomic mass is 10.2. The van der Waals surface area contributed by atoms with Gasteiger partial charge in [-0.25, -0.2) is 13.8 Å². The fourth-order valence-electron chi connectivity index (χ4n) is 3.22. The summed E-state index contributed by atoms with van der Waals surface area (Å²) in [7, 11) is -3.03. The largest absolute Gasteiger partial charge is 0.329 e. The van der Waals surface area contributed by atoms with Crippen molar-refractivity contribution in [2.24, 2.45) is 5.10 Å². The molecule has 2 heterocycles. The fraction of sp³-hybridized carbons (Fsp3) is 0.368. The Balaban J connectivity index is 1.63. The number of sulfone groups is 1. The number of hydrazone groups is 1. The molecule has 9 nitrogen and oxygen atoms in total. The first-order valence-electron chi connectivity index (χ1n) is 9.13. The molecule has 2 aromatic rings. The molecule has 1 aliphatic rings. The molecule has 1 aliphatic heterocycles. The van der Waals surface area contributed by atoms with Gasteiger partial charge in [0.25, 0.3) is 0 Å². The highest BCUT2D eigenvalue weighted by Gasteiger charge is 2.31. The first kappa shape index (κ1) is 20.7. The van der Waals surface area contributed by atoms with Gasteiger partial charge in [-0.1, -0.05) is 17.7 Å². The van der Waals surface area contributed by atoms with Gasteiger partial charge >= 0.3 is 11.8 Å². The minimum atomic E-state index is -3.03. The number of carbonyl (C=O) groups is 2. The molecule has 1 aromatic carbocycles. The number of nitrogens with zero attached hydrogens (tertiary/aromatic N) is 3. The molecule has 2 N–H and O–H groups in total. The number of aromatic nitrogens is 2. The molecule has 2 amide bonds. The van der Waals surface area contributed by atoms with Gasteiger partial charge in [0.2, 0.25) is 0 Å². The summed E-state index contributed by atoms with van der Waals surface area (Å²) in [6.07, 6.45) is 1.94. The predicted octanol–water partition coefficient (Wildman–Crippen LogP) is 1.26. The van der Waals surface area contributed by atoms with Crippen LogP contribution in [0.3, 0.4) is 0 Å². The van der Waals surface area contributed by atoms with E-state index in [0.717, 1.165) is 11.3 Å². The first-order valence-corrected chi connectivity index (χ1v) is 11.0. The van der Waals surface area contributed by atoms with Crippen LogP contribution in [0.5, 0.6) is 0 Å². The van der Waals surface area contributed by atoms with Crippen molar-refractivity contribution in [3.63, 3.8) is 0 Å². The van der Waals surface area contributed by atoms with Gasteiger partial charge in [-0.05, 0) is 39.3 Å². The minimum Gasteiger partial charge on any atom is -0.318 e. The third kappa shape index (κ3) is 4.89. The molecule has 154 valence electrons. The van der Waals surface area contributed by atoms with Gasteiger partial charge in [0.05, 0.1) is 29.5 Å². The molecular formula is C19H23N5O4S. The van der Waals surface area contributed by atoms with Crippen molar-refractivity contribution >= 4 is 33.6 Å². The normalized spacial score (nSPS) is 18.1. The van der Waals surface area contributed by atoms with E-state index in [0.29, 0.717) is 23.4 Å². The lowest BCUT2D eigenvalue weighted by Gasteiger charge is -2.10. The quantitative estimate of drug-likeness (QED) is 0.440. The average molecular weight is 417 g/mol. The van der Waals surface area contributed by atoms with Crippen LogP contribution in [0.15, 0.2) is 29.4 Å². The Morgan fingerprint density at radius 2 is 1.86 bits per heavy atom. The maximum absolute atomic E-state index is 11.9. The van der Waals surface area contributed by atoms with Crippen LogP contribution in [0, 0.1) is 20.8 Å². The second-order valence-corrected chi connectivity index (χ2v) is 9.33. The third-order valence-corrected chi connectivity index (χ3v) is 6.56. The zero-order chi connectivity index (χ0) is 21.2. The van der Waals surface area contributed by atoms with Crippen molar-refractivity contribution in [3.8, 4) is 0 Å². The first-order chi connectivity index (χ1) is 13.7. The predicted molar refractivity (Wildman–Crippen MR) is 110 cm³/mol. The molecule has 0 saturated carbocycles. The SMILES string of the molecule is Cc1ccc(NC(=O)C(=O)N/N=C\c2c(C)nn([C@H]3CCS(=O)(=O)C3)c2C)cc1. The summed E-state index contributed by atoms with van der Waals surface area (Å²) < 4.78 is 25.1. The van der Waals surface area contributed by atoms with Gasteiger partial charge in [-0.2, -0.15) is 10.2 Å². The number of anilines is 1. The molecule has 1 atom stereocenters. The molecule has 0 radical (unpaired) electrons. The lowest BCUT2D eigenvalue weighted by molar-refractivity contribution is -0.136. The van der Waals surface area contributed by atoms with E-state index in [2.05, 4.69) is 20.9 Å². The molecular weight excluding hydrogens is 394 g/mol. The summed E-state index contributed by atoms with van der Waals surface area (Å²) in [5.74, 6) is -1.50. The Hall–Kier alpha value is -3.01. The van der Waals surface area contributed by atoms with Crippen molar-refractivity contribution < 1.29 is 18.0 Å². The molecule has 1 saturated heterocycles. The summed E-state index contributed by atoms with van der Waals surface area (Å²) >= 11 is 0. The van der Waals surface area contributed by atoms with Crippen LogP contribution >= 0.6 is 0 Å². The Morgan fingerprint density at radius 1 is 1.17 bits per heavy atom. The highest BCUT2D eigenvalue weighted by atomic mass is 32.2. The van der Waals surface area contributed by atoms with Crippen LogP contribution in [0.25, 0.3) is 0 Å². The van der Waals surface area contributed by atoms with Crippen LogP contribution in [-0.4, -0.2) is 47.7 Å². The topological polar surface area (TPSA) is 123 Å². The summed E-state index contributed by atoms with van der Waals surface area (Å²) in [6.45, 7) is 5.52. The Morgan fingerprint density at radius 3 is 2.48 bits per heavy atom. The summed E-state index contributed by atoms with van der Waals surface area (Å²) in [5.41, 5.74) is 5.84. The van der Waals surface area contributed by atoms with Crippen LogP contribution in [0.1, 0.15) is 35.0 Å². The van der Waals surface area contributed by atoms with Crippen LogP contribution < -0.4 is 10.7 Å². The standard InChI is InChI=1S/C19H23N5O4S/c1-12-4-6-15(7-5-12)21-18(25)19(26)22-20-10-17-13(2)23-24(14(17)3)16-8-9-29(27,28)11-16/h4-7,10,16H,8-9,11H2,1-3H3,(H,21,25)(H,22,26)/b20-10-/t16-/m0/s1. The molecule has 3 rings (SSSR count). The Labute approximate surface area is 169 Å². The zero-order valence-corrected chi connectivity index (χ0v) is 17.3. The summed E-state index contributed by atoms with van der Waals surface area (Å²) in [5, 5.41) is 10.8. The van der Waals surface area contributed by atoms with Crippen LogP contribution in [-0.2, 0) is 19.4 Å². The number of benzene rings is 1. The van der Waals surface area contributed by atoms with E-state index in [4.69, 9.17) is 0 Å². The van der Waals surface area contributed by atoms with E-state index in [1.807, 2.05) is 26.0 Å². The van der Waals surface area contributed by atoms with Gasteiger partial charge in [-0.3, -0.25) is 14.3 Å². The van der Waals surface area contributed by atoms with E-state index >= 15 is 0 Å². The van der Waals surface area contributed by atoms with E-state index in [1.54, 1.807) is 23.7 Å². The Kier molecular flexibility index (Phi) is 5.83. The molecule has 1 aromatic heterocycles. The van der Waals surface area contributed by atoms with E-state index in [1.165, 1.54) is 6.21 Å². The number of amides is 2. The maximum atomic E-state index is 11.9. The lowest BCUT2D eigenvalue weighted by Crippen LogP contribution is -2.32. The number of aryl methyl sites for hydroxylation is 2. The zero-order valence-electron chi connectivity index (χ0n) is 16.5. The molecule has 0 unspecified atom stereocenters. The van der Waals surface area contributed by atoms with Crippen molar-refractivity contribution in [1.29, 1.82) is 0 Å². The van der Waals surface area contributed by atoms with Crippen molar-refractivity contribution in [1.82, 2.24) is 15.2 Å². The molecule has 0 aliphatic carbocycles. The second-order valence-electron chi connectivity index (χ2n) is 7.11. The van der Waals surface area contributed by atoms with Gasteiger partial charge in [0.1, 0.15) is 0 Å². The number of nitrogens with one attached hydrogen (secondary N) is 2. The van der Waals surface area contributed by atoms with Gasteiger partial charge < -0.3 is 5.32 Å². The monoisotopic (exact) mass is 417 g/mol.